The summed E-state index contributed by atoms with van der Waals surface area (Å²) in [6.07, 6.45) is 1.53. The number of aryl methyl sites for hydroxylation is 2. The van der Waals surface area contributed by atoms with Gasteiger partial charge in [0.15, 0.2) is 5.78 Å². The minimum absolute atomic E-state index is 0.00607. The molecule has 2 nitrogen and oxygen atoms in total. The molecule has 1 heterocycles. The molecule has 0 spiro atoms. The number of carbonyl (C=O) groups is 1. The molecule has 0 amide bonds. The van der Waals surface area contributed by atoms with E-state index in [0.717, 1.165) is 34.6 Å². The molecule has 1 aliphatic rings. The fourth-order valence-corrected chi connectivity index (χ4v) is 3.99. The molecule has 132 valence electrons. The van der Waals surface area contributed by atoms with Gasteiger partial charge in [0.2, 0.25) is 0 Å². The van der Waals surface area contributed by atoms with E-state index in [1.807, 2.05) is 6.07 Å². The van der Waals surface area contributed by atoms with Crippen molar-refractivity contribution < 1.29 is 4.79 Å². The van der Waals surface area contributed by atoms with Crippen LogP contribution in [0.1, 0.15) is 47.4 Å². The van der Waals surface area contributed by atoms with Gasteiger partial charge in [0.25, 0.3) is 0 Å². The second-order valence-corrected chi connectivity index (χ2v) is 8.30. The number of ketones is 1. The molecule has 0 unspecified atom stereocenters. The second-order valence-electron chi connectivity index (χ2n) is 8.30. The van der Waals surface area contributed by atoms with Crippen molar-refractivity contribution in [3.8, 4) is 16.9 Å². The molecule has 0 atom stereocenters. The molecule has 2 aromatic carbocycles. The standard InChI is InChI=1S/C24H25NO/c1-16-10-11-19(12-17(16)2)25-21(18-8-6-5-7-9-18)13-20-22(25)14-24(3,4)15-23(20)26/h5-13H,14-15H2,1-4H3. The SMILES string of the molecule is Cc1ccc(-n2c(-c3ccccc3)cc3c2CC(C)(C)CC3=O)cc1C. The number of fused-ring (bicyclic) bond motifs is 1. The Hall–Kier alpha value is -2.61. The maximum Gasteiger partial charge on any atom is 0.165 e. The highest BCUT2D eigenvalue weighted by Crippen LogP contribution is 2.40. The number of Topliss-reactive ketones (excluding diaryl/α,β-unsaturated/α-hetero) is 1. The molecule has 0 saturated heterocycles. The molecule has 0 fully saturated rings. The van der Waals surface area contributed by atoms with E-state index in [1.165, 1.54) is 11.1 Å². The summed E-state index contributed by atoms with van der Waals surface area (Å²) in [4.78, 5) is 12.8. The van der Waals surface area contributed by atoms with E-state index < -0.39 is 0 Å². The zero-order chi connectivity index (χ0) is 18.5. The minimum Gasteiger partial charge on any atom is -0.313 e. The van der Waals surface area contributed by atoms with Crippen molar-refractivity contribution in [2.24, 2.45) is 5.41 Å². The van der Waals surface area contributed by atoms with Crippen molar-refractivity contribution in [3.05, 3.63) is 77.0 Å². The Kier molecular flexibility index (Phi) is 3.87. The fraction of sp³-hybridized carbons (Fsp3) is 0.292. The monoisotopic (exact) mass is 343 g/mol. The summed E-state index contributed by atoms with van der Waals surface area (Å²) in [5.41, 5.74) is 7.97. The number of hydrogen-bond donors (Lipinski definition) is 0. The summed E-state index contributed by atoms with van der Waals surface area (Å²) in [5, 5.41) is 0. The van der Waals surface area contributed by atoms with E-state index in [1.54, 1.807) is 0 Å². The van der Waals surface area contributed by atoms with Crippen LogP contribution < -0.4 is 0 Å². The van der Waals surface area contributed by atoms with Crippen molar-refractivity contribution in [3.63, 3.8) is 0 Å². The largest absolute Gasteiger partial charge is 0.313 e. The van der Waals surface area contributed by atoms with Crippen LogP contribution in [-0.2, 0) is 6.42 Å². The molecular formula is C24H25NO. The Morgan fingerprint density at radius 1 is 0.885 bits per heavy atom. The predicted molar refractivity (Wildman–Crippen MR) is 107 cm³/mol. The van der Waals surface area contributed by atoms with Crippen LogP contribution in [0.2, 0.25) is 0 Å². The maximum atomic E-state index is 12.8. The first-order valence-corrected chi connectivity index (χ1v) is 9.27. The zero-order valence-corrected chi connectivity index (χ0v) is 16.0. The lowest BCUT2D eigenvalue weighted by Crippen LogP contribution is -2.27. The third kappa shape index (κ3) is 2.80. The van der Waals surface area contributed by atoms with Crippen LogP contribution in [0.15, 0.2) is 54.6 Å². The molecule has 0 bridgehead atoms. The number of hydrogen-bond acceptors (Lipinski definition) is 1. The highest BCUT2D eigenvalue weighted by molar-refractivity contribution is 6.00. The van der Waals surface area contributed by atoms with Crippen LogP contribution in [0.3, 0.4) is 0 Å². The third-order valence-corrected chi connectivity index (χ3v) is 5.51. The molecule has 0 aliphatic heterocycles. The van der Waals surface area contributed by atoms with Crippen LogP contribution in [-0.4, -0.2) is 10.4 Å². The van der Waals surface area contributed by atoms with E-state index in [2.05, 4.69) is 80.8 Å². The lowest BCUT2D eigenvalue weighted by atomic mass is 9.76. The molecule has 2 heteroatoms. The van der Waals surface area contributed by atoms with Crippen LogP contribution in [0.25, 0.3) is 16.9 Å². The van der Waals surface area contributed by atoms with Crippen LogP contribution >= 0.6 is 0 Å². The first-order valence-electron chi connectivity index (χ1n) is 9.27. The van der Waals surface area contributed by atoms with Crippen LogP contribution in [0.4, 0.5) is 0 Å². The molecule has 1 aromatic heterocycles. The van der Waals surface area contributed by atoms with Gasteiger partial charge in [-0.1, -0.05) is 50.2 Å². The summed E-state index contributed by atoms with van der Waals surface area (Å²) in [7, 11) is 0. The minimum atomic E-state index is -0.00607. The molecule has 0 saturated carbocycles. The Bertz CT molecular complexity index is 993. The van der Waals surface area contributed by atoms with Gasteiger partial charge < -0.3 is 4.57 Å². The van der Waals surface area contributed by atoms with Crippen LogP contribution in [0.5, 0.6) is 0 Å². The highest BCUT2D eigenvalue weighted by atomic mass is 16.1. The third-order valence-electron chi connectivity index (χ3n) is 5.51. The van der Waals surface area contributed by atoms with E-state index in [9.17, 15) is 4.79 Å². The van der Waals surface area contributed by atoms with Crippen molar-refractivity contribution in [2.45, 2.75) is 40.5 Å². The van der Waals surface area contributed by atoms with Gasteiger partial charge in [-0.05, 0) is 60.6 Å². The first-order chi connectivity index (χ1) is 12.4. The number of rotatable bonds is 2. The van der Waals surface area contributed by atoms with Gasteiger partial charge in [-0.25, -0.2) is 0 Å². The van der Waals surface area contributed by atoms with Crippen molar-refractivity contribution >= 4 is 5.78 Å². The number of carbonyl (C=O) groups excluding carboxylic acids is 1. The average Bonchev–Trinajstić information content (AvgIpc) is 2.96. The molecule has 1 aliphatic carbocycles. The van der Waals surface area contributed by atoms with Crippen molar-refractivity contribution in [1.29, 1.82) is 0 Å². The summed E-state index contributed by atoms with van der Waals surface area (Å²) in [6.45, 7) is 8.66. The smallest absolute Gasteiger partial charge is 0.165 e. The van der Waals surface area contributed by atoms with E-state index in [4.69, 9.17) is 0 Å². The molecule has 26 heavy (non-hydrogen) atoms. The van der Waals surface area contributed by atoms with Gasteiger partial charge in [0.05, 0.1) is 5.69 Å². The summed E-state index contributed by atoms with van der Waals surface area (Å²) in [5.74, 6) is 0.260. The van der Waals surface area contributed by atoms with Gasteiger partial charge in [0, 0.05) is 23.4 Å². The Morgan fingerprint density at radius 2 is 1.62 bits per heavy atom. The Labute approximate surface area is 155 Å². The highest BCUT2D eigenvalue weighted by Gasteiger charge is 2.35. The van der Waals surface area contributed by atoms with Crippen molar-refractivity contribution in [1.82, 2.24) is 4.57 Å². The Balaban J connectivity index is 2.01. The fourth-order valence-electron chi connectivity index (χ4n) is 3.99. The number of benzene rings is 2. The van der Waals surface area contributed by atoms with Crippen molar-refractivity contribution in [2.75, 3.05) is 0 Å². The topological polar surface area (TPSA) is 22.0 Å². The first kappa shape index (κ1) is 16.8. The lowest BCUT2D eigenvalue weighted by molar-refractivity contribution is 0.0911. The quantitative estimate of drug-likeness (QED) is 0.566. The number of aromatic nitrogens is 1. The summed E-state index contributed by atoms with van der Waals surface area (Å²) < 4.78 is 2.30. The summed E-state index contributed by atoms with van der Waals surface area (Å²) in [6, 6.07) is 19.0. The number of nitrogens with zero attached hydrogens (tertiary/aromatic N) is 1. The predicted octanol–water partition coefficient (Wildman–Crippen LogP) is 5.92. The average molecular weight is 343 g/mol. The van der Waals surface area contributed by atoms with Gasteiger partial charge in [0.1, 0.15) is 0 Å². The van der Waals surface area contributed by atoms with Crippen LogP contribution in [0, 0.1) is 19.3 Å². The summed E-state index contributed by atoms with van der Waals surface area (Å²) >= 11 is 0. The van der Waals surface area contributed by atoms with E-state index in [-0.39, 0.29) is 11.2 Å². The molecule has 4 rings (SSSR count). The Morgan fingerprint density at radius 3 is 2.31 bits per heavy atom. The molecule has 0 radical (unpaired) electrons. The lowest BCUT2D eigenvalue weighted by Gasteiger charge is -2.30. The normalized spacial score (nSPS) is 15.8. The van der Waals surface area contributed by atoms with Gasteiger partial charge >= 0.3 is 0 Å². The maximum absolute atomic E-state index is 12.8. The second kappa shape index (κ2) is 5.98. The van der Waals surface area contributed by atoms with Gasteiger partial charge in [-0.3, -0.25) is 4.79 Å². The molecular weight excluding hydrogens is 318 g/mol. The van der Waals surface area contributed by atoms with Gasteiger partial charge in [-0.15, -0.1) is 0 Å². The molecule has 0 N–H and O–H groups in total. The van der Waals surface area contributed by atoms with E-state index >= 15 is 0 Å². The van der Waals surface area contributed by atoms with E-state index in [0.29, 0.717) is 6.42 Å². The zero-order valence-electron chi connectivity index (χ0n) is 16.0. The van der Waals surface area contributed by atoms with Gasteiger partial charge in [-0.2, -0.15) is 0 Å². The molecule has 3 aromatic rings.